The van der Waals surface area contributed by atoms with E-state index in [1.54, 1.807) is 30.7 Å². The second-order valence-electron chi connectivity index (χ2n) is 6.49. The molecule has 4 heterocycles. The van der Waals surface area contributed by atoms with E-state index in [2.05, 4.69) is 63.0 Å². The summed E-state index contributed by atoms with van der Waals surface area (Å²) in [4.78, 5) is 13.2. The van der Waals surface area contributed by atoms with Crippen LogP contribution >= 0.6 is 11.3 Å². The van der Waals surface area contributed by atoms with Gasteiger partial charge in [0, 0.05) is 22.3 Å². The average Bonchev–Trinajstić information content (AvgIpc) is 3.41. The minimum absolute atomic E-state index is 0.478. The number of imidazole rings is 1. The van der Waals surface area contributed by atoms with Gasteiger partial charge in [-0.1, -0.05) is 6.07 Å². The molecule has 0 amide bonds. The fourth-order valence-corrected chi connectivity index (χ4v) is 3.91. The van der Waals surface area contributed by atoms with Crippen LogP contribution in [0.25, 0.3) is 22.7 Å². The molecule has 0 aliphatic carbocycles. The number of thiophene rings is 1. The highest BCUT2D eigenvalue weighted by Crippen LogP contribution is 2.25. The first kappa shape index (κ1) is 18.0. The van der Waals surface area contributed by atoms with Crippen molar-refractivity contribution < 1.29 is 4.74 Å². The third kappa shape index (κ3) is 3.30. The molecule has 0 aliphatic rings. The number of nitrogens with one attached hydrogen (secondary N) is 1. The molecule has 0 atom stereocenters. The number of aromatic amines is 1. The third-order valence-electron chi connectivity index (χ3n) is 4.73. The van der Waals surface area contributed by atoms with E-state index in [1.807, 2.05) is 6.08 Å². The zero-order valence-electron chi connectivity index (χ0n) is 15.9. The van der Waals surface area contributed by atoms with Gasteiger partial charge in [0.15, 0.2) is 0 Å². The van der Waals surface area contributed by atoms with Crippen LogP contribution in [-0.4, -0.2) is 26.6 Å². The number of H-pyrrole nitrogens is 1. The minimum atomic E-state index is 0.478. The number of nitrogens with zero attached hydrogens (tertiary/aromatic N) is 4. The van der Waals surface area contributed by atoms with Gasteiger partial charge in [-0.3, -0.25) is 0 Å². The number of hydrogen-bond acceptors (Lipinski definition) is 5. The Balaban J connectivity index is 1.72. The van der Waals surface area contributed by atoms with Crippen LogP contribution in [-0.2, 0) is 6.54 Å². The number of aryl methyl sites for hydroxylation is 1. The summed E-state index contributed by atoms with van der Waals surface area (Å²) in [5.74, 6) is 1.01. The number of hydrogen-bond donors (Lipinski definition) is 1. The van der Waals surface area contributed by atoms with E-state index in [4.69, 9.17) is 4.74 Å². The normalized spacial score (nSPS) is 11.7. The van der Waals surface area contributed by atoms with E-state index in [0.717, 1.165) is 29.0 Å². The Bertz CT molecular complexity index is 1210. The van der Waals surface area contributed by atoms with Gasteiger partial charge in [-0.2, -0.15) is 5.26 Å². The Morgan fingerprint density at radius 3 is 2.96 bits per heavy atom. The summed E-state index contributed by atoms with van der Waals surface area (Å²) in [6, 6.07) is 10.3. The van der Waals surface area contributed by atoms with Gasteiger partial charge in [0.05, 0.1) is 36.5 Å². The van der Waals surface area contributed by atoms with Crippen molar-refractivity contribution in [1.29, 1.82) is 5.26 Å². The van der Waals surface area contributed by atoms with E-state index >= 15 is 0 Å². The number of methoxy groups -OCH3 is 1. The molecule has 7 heteroatoms. The van der Waals surface area contributed by atoms with Gasteiger partial charge < -0.3 is 14.3 Å². The fraction of sp³-hybridized carbons (Fsp3) is 0.190. The van der Waals surface area contributed by atoms with Crippen LogP contribution in [0.2, 0.25) is 0 Å². The summed E-state index contributed by atoms with van der Waals surface area (Å²) < 4.78 is 7.41. The Hall–Kier alpha value is -3.37. The minimum Gasteiger partial charge on any atom is -0.481 e. The van der Waals surface area contributed by atoms with Gasteiger partial charge in [-0.15, -0.1) is 11.3 Å². The Labute approximate surface area is 166 Å². The quantitative estimate of drug-likeness (QED) is 0.508. The fourth-order valence-electron chi connectivity index (χ4n) is 3.21. The number of fused-ring (bicyclic) bond motifs is 1. The first-order chi connectivity index (χ1) is 13.6. The molecular formula is C21H19N5OS. The van der Waals surface area contributed by atoms with Crippen LogP contribution in [0.4, 0.5) is 0 Å². The van der Waals surface area contributed by atoms with Crippen molar-refractivity contribution >= 4 is 34.0 Å². The predicted molar refractivity (Wildman–Crippen MR) is 111 cm³/mol. The van der Waals surface area contributed by atoms with E-state index in [1.165, 1.54) is 4.88 Å². The Morgan fingerprint density at radius 1 is 1.39 bits per heavy atom. The monoisotopic (exact) mass is 389 g/mol. The molecule has 28 heavy (non-hydrogen) atoms. The second-order valence-corrected chi connectivity index (χ2v) is 7.52. The summed E-state index contributed by atoms with van der Waals surface area (Å²) in [6.07, 6.45) is 3.54. The van der Waals surface area contributed by atoms with Crippen LogP contribution < -0.4 is 4.74 Å². The van der Waals surface area contributed by atoms with Crippen LogP contribution in [0.5, 0.6) is 5.88 Å². The van der Waals surface area contributed by atoms with Crippen molar-refractivity contribution in [3.63, 3.8) is 0 Å². The number of allylic oxidation sites excluding steroid dienone is 1. The molecule has 0 fully saturated rings. The molecule has 140 valence electrons. The summed E-state index contributed by atoms with van der Waals surface area (Å²) in [6.45, 7) is 5.00. The smallest absolute Gasteiger partial charge is 0.215 e. The number of ether oxygens (including phenoxy) is 1. The van der Waals surface area contributed by atoms with Crippen molar-refractivity contribution in [2.75, 3.05) is 7.11 Å². The molecule has 0 saturated heterocycles. The maximum atomic E-state index is 9.72. The highest BCUT2D eigenvalue weighted by Gasteiger charge is 2.13. The third-order valence-corrected chi connectivity index (χ3v) is 5.59. The van der Waals surface area contributed by atoms with Gasteiger partial charge in [0.2, 0.25) is 5.88 Å². The summed E-state index contributed by atoms with van der Waals surface area (Å²) in [7, 11) is 1.56. The van der Waals surface area contributed by atoms with Gasteiger partial charge in [-0.25, -0.2) is 9.97 Å². The van der Waals surface area contributed by atoms with E-state index in [9.17, 15) is 5.26 Å². The van der Waals surface area contributed by atoms with E-state index in [-0.39, 0.29) is 0 Å². The van der Waals surface area contributed by atoms with Crippen molar-refractivity contribution in [2.45, 2.75) is 20.4 Å². The first-order valence-corrected chi connectivity index (χ1v) is 9.68. The molecule has 1 N–H and O–H groups in total. The predicted octanol–water partition coefficient (Wildman–Crippen LogP) is 4.56. The SMILES string of the molecule is COc1cc2nc(/C(C#N)=C/c3cc(C)n(Cc4cccs4)c3C)[nH]c2cn1. The molecule has 0 unspecified atom stereocenters. The maximum absolute atomic E-state index is 9.72. The lowest BCUT2D eigenvalue weighted by atomic mass is 10.1. The number of rotatable bonds is 5. The molecular weight excluding hydrogens is 370 g/mol. The topological polar surface area (TPSA) is 79.5 Å². The highest BCUT2D eigenvalue weighted by molar-refractivity contribution is 7.09. The summed E-state index contributed by atoms with van der Waals surface area (Å²) >= 11 is 1.75. The molecule has 0 aromatic carbocycles. The molecule has 0 aliphatic heterocycles. The van der Waals surface area contributed by atoms with Crippen molar-refractivity contribution in [3.8, 4) is 11.9 Å². The number of nitriles is 1. The van der Waals surface area contributed by atoms with Gasteiger partial charge in [0.1, 0.15) is 11.9 Å². The van der Waals surface area contributed by atoms with Crippen LogP contribution in [0.15, 0.2) is 35.8 Å². The molecule has 0 radical (unpaired) electrons. The Morgan fingerprint density at radius 2 is 2.25 bits per heavy atom. The van der Waals surface area contributed by atoms with Gasteiger partial charge in [0.25, 0.3) is 0 Å². The highest BCUT2D eigenvalue weighted by atomic mass is 32.1. The first-order valence-electron chi connectivity index (χ1n) is 8.80. The lowest BCUT2D eigenvalue weighted by Crippen LogP contribution is -2.02. The molecule has 4 aromatic rings. The van der Waals surface area contributed by atoms with Gasteiger partial charge >= 0.3 is 0 Å². The lowest BCUT2D eigenvalue weighted by Gasteiger charge is -2.07. The standard InChI is InChI=1S/C21H19N5OS/c1-13-7-15(14(2)26(13)12-17-5-4-6-28-17)8-16(10-22)21-24-18-9-20(27-3)23-11-19(18)25-21/h4-9,11H,12H2,1-3H3,(H,24,25)/b16-8+. The van der Waals surface area contributed by atoms with Crippen LogP contribution in [0.1, 0.15) is 27.7 Å². The zero-order chi connectivity index (χ0) is 19.7. The maximum Gasteiger partial charge on any atom is 0.215 e. The molecule has 4 rings (SSSR count). The molecule has 0 spiro atoms. The lowest BCUT2D eigenvalue weighted by molar-refractivity contribution is 0.398. The van der Waals surface area contributed by atoms with Crippen molar-refractivity contribution in [3.05, 3.63) is 63.5 Å². The second kappa shape index (κ2) is 7.33. The molecule has 0 saturated carbocycles. The Kier molecular flexibility index (Phi) is 4.72. The average molecular weight is 389 g/mol. The van der Waals surface area contributed by atoms with Gasteiger partial charge in [-0.05, 0) is 43.0 Å². The summed E-state index contributed by atoms with van der Waals surface area (Å²) in [5.41, 5.74) is 5.26. The largest absolute Gasteiger partial charge is 0.481 e. The van der Waals surface area contributed by atoms with E-state index < -0.39 is 0 Å². The number of pyridine rings is 1. The molecule has 6 nitrogen and oxygen atoms in total. The molecule has 4 aromatic heterocycles. The van der Waals surface area contributed by atoms with Crippen LogP contribution in [0, 0.1) is 25.2 Å². The van der Waals surface area contributed by atoms with Crippen molar-refractivity contribution in [2.24, 2.45) is 0 Å². The van der Waals surface area contributed by atoms with Crippen LogP contribution in [0.3, 0.4) is 0 Å². The van der Waals surface area contributed by atoms with Crippen molar-refractivity contribution in [1.82, 2.24) is 19.5 Å². The van der Waals surface area contributed by atoms with E-state index in [0.29, 0.717) is 22.8 Å². The zero-order valence-corrected chi connectivity index (χ0v) is 16.7. The number of aromatic nitrogens is 4. The summed E-state index contributed by atoms with van der Waals surface area (Å²) in [5, 5.41) is 11.8. The molecule has 0 bridgehead atoms.